The third kappa shape index (κ3) is 4.46. The van der Waals surface area contributed by atoms with E-state index in [1.54, 1.807) is 24.9 Å². The summed E-state index contributed by atoms with van der Waals surface area (Å²) in [5, 5.41) is 10.1. The van der Waals surface area contributed by atoms with E-state index in [-0.39, 0.29) is 0 Å². The lowest BCUT2D eigenvalue weighted by atomic mass is 10.2. The minimum absolute atomic E-state index is 0.565. The van der Waals surface area contributed by atoms with Crippen molar-refractivity contribution in [1.82, 2.24) is 14.8 Å². The summed E-state index contributed by atoms with van der Waals surface area (Å²) in [5.74, 6) is 3.17. The van der Waals surface area contributed by atoms with Crippen molar-refractivity contribution in [2.45, 2.75) is 5.16 Å². The molecule has 2 aromatic carbocycles. The minimum Gasteiger partial charge on any atom is -0.497 e. The van der Waals surface area contributed by atoms with Crippen LogP contribution in [-0.2, 0) is 7.05 Å². The molecule has 25 heavy (non-hydrogen) atoms. The standard InChI is InChI=1S/C18H18ClN3O2S/c1-22-17(13-6-8-15(23-2)9-7-13)20-21-18(22)25-11-10-24-16-5-3-4-14(19)12-16/h3-9,12H,10-11H2,1-2H3. The molecule has 0 N–H and O–H groups in total. The maximum atomic E-state index is 5.94. The van der Waals surface area contributed by atoms with E-state index < -0.39 is 0 Å². The molecule has 5 nitrogen and oxygen atoms in total. The van der Waals surface area contributed by atoms with Gasteiger partial charge in [-0.3, -0.25) is 0 Å². The Bertz CT molecular complexity index is 837. The van der Waals surface area contributed by atoms with Gasteiger partial charge in [-0.25, -0.2) is 0 Å². The van der Waals surface area contributed by atoms with Crippen molar-refractivity contribution < 1.29 is 9.47 Å². The second-order valence-electron chi connectivity index (χ2n) is 5.25. The Morgan fingerprint density at radius 3 is 2.60 bits per heavy atom. The summed E-state index contributed by atoms with van der Waals surface area (Å²) in [6.07, 6.45) is 0. The molecule has 0 radical (unpaired) electrons. The first-order valence-electron chi connectivity index (χ1n) is 7.72. The van der Waals surface area contributed by atoms with E-state index in [0.717, 1.165) is 33.8 Å². The number of hydrogen-bond donors (Lipinski definition) is 0. The molecule has 0 saturated carbocycles. The van der Waals surface area contributed by atoms with Crippen LogP contribution >= 0.6 is 23.4 Å². The largest absolute Gasteiger partial charge is 0.497 e. The van der Waals surface area contributed by atoms with Gasteiger partial charge in [-0.15, -0.1) is 10.2 Å². The zero-order valence-corrected chi connectivity index (χ0v) is 15.5. The van der Waals surface area contributed by atoms with Crippen LogP contribution in [0.2, 0.25) is 5.02 Å². The number of rotatable bonds is 7. The van der Waals surface area contributed by atoms with Gasteiger partial charge in [-0.2, -0.15) is 0 Å². The molecule has 130 valence electrons. The van der Waals surface area contributed by atoms with E-state index in [9.17, 15) is 0 Å². The molecule has 1 aromatic heterocycles. The normalized spacial score (nSPS) is 10.7. The summed E-state index contributed by atoms with van der Waals surface area (Å²) in [7, 11) is 3.61. The fraction of sp³-hybridized carbons (Fsp3) is 0.222. The Balaban J connectivity index is 1.57. The van der Waals surface area contributed by atoms with E-state index in [0.29, 0.717) is 11.6 Å². The van der Waals surface area contributed by atoms with Gasteiger partial charge < -0.3 is 14.0 Å². The molecule has 0 aliphatic heterocycles. The fourth-order valence-electron chi connectivity index (χ4n) is 2.28. The zero-order valence-electron chi connectivity index (χ0n) is 14.0. The van der Waals surface area contributed by atoms with Crippen LogP contribution in [0.3, 0.4) is 0 Å². The molecule has 1 heterocycles. The van der Waals surface area contributed by atoms with Crippen molar-refractivity contribution in [1.29, 1.82) is 0 Å². The van der Waals surface area contributed by atoms with Gasteiger partial charge in [-0.1, -0.05) is 29.4 Å². The summed E-state index contributed by atoms with van der Waals surface area (Å²) in [6.45, 7) is 0.565. The van der Waals surface area contributed by atoms with Gasteiger partial charge in [0.2, 0.25) is 0 Å². The monoisotopic (exact) mass is 375 g/mol. The van der Waals surface area contributed by atoms with Crippen LogP contribution in [0.25, 0.3) is 11.4 Å². The Morgan fingerprint density at radius 1 is 1.08 bits per heavy atom. The molecule has 0 amide bonds. The molecule has 0 fully saturated rings. The third-order valence-corrected chi connectivity index (χ3v) is 4.78. The first-order valence-corrected chi connectivity index (χ1v) is 9.08. The van der Waals surface area contributed by atoms with E-state index in [4.69, 9.17) is 21.1 Å². The lowest BCUT2D eigenvalue weighted by molar-refractivity contribution is 0.344. The fourth-order valence-corrected chi connectivity index (χ4v) is 3.19. The number of ether oxygens (including phenoxy) is 2. The topological polar surface area (TPSA) is 49.2 Å². The van der Waals surface area contributed by atoms with Crippen molar-refractivity contribution >= 4 is 23.4 Å². The van der Waals surface area contributed by atoms with Gasteiger partial charge in [0.25, 0.3) is 0 Å². The summed E-state index contributed by atoms with van der Waals surface area (Å²) in [5.41, 5.74) is 0.998. The molecular weight excluding hydrogens is 358 g/mol. The molecule has 0 bridgehead atoms. The van der Waals surface area contributed by atoms with Crippen molar-refractivity contribution in [3.05, 3.63) is 53.6 Å². The van der Waals surface area contributed by atoms with Crippen LogP contribution < -0.4 is 9.47 Å². The smallest absolute Gasteiger partial charge is 0.191 e. The zero-order chi connectivity index (χ0) is 17.6. The first kappa shape index (κ1) is 17.6. The van der Waals surface area contributed by atoms with Gasteiger partial charge in [0.1, 0.15) is 11.5 Å². The van der Waals surface area contributed by atoms with Gasteiger partial charge in [0.15, 0.2) is 11.0 Å². The maximum absolute atomic E-state index is 5.94. The minimum atomic E-state index is 0.565. The van der Waals surface area contributed by atoms with Gasteiger partial charge in [0.05, 0.1) is 13.7 Å². The van der Waals surface area contributed by atoms with E-state index in [1.165, 1.54) is 0 Å². The number of nitrogens with zero attached hydrogens (tertiary/aromatic N) is 3. The molecular formula is C18H18ClN3O2S. The van der Waals surface area contributed by atoms with Crippen LogP contribution in [0.5, 0.6) is 11.5 Å². The molecule has 0 atom stereocenters. The van der Waals surface area contributed by atoms with E-state index >= 15 is 0 Å². The quantitative estimate of drug-likeness (QED) is 0.454. The lowest BCUT2D eigenvalue weighted by Gasteiger charge is -2.07. The highest BCUT2D eigenvalue weighted by Crippen LogP contribution is 2.24. The highest BCUT2D eigenvalue weighted by molar-refractivity contribution is 7.99. The highest BCUT2D eigenvalue weighted by Gasteiger charge is 2.11. The van der Waals surface area contributed by atoms with Crippen LogP contribution in [-0.4, -0.2) is 34.2 Å². The van der Waals surface area contributed by atoms with E-state index in [2.05, 4.69) is 10.2 Å². The number of hydrogen-bond acceptors (Lipinski definition) is 5. The number of halogens is 1. The Kier molecular flexibility index (Phi) is 5.83. The number of methoxy groups -OCH3 is 1. The molecule has 3 rings (SSSR count). The number of aromatic nitrogens is 3. The van der Waals surface area contributed by atoms with Crippen LogP contribution in [0.15, 0.2) is 53.7 Å². The second-order valence-corrected chi connectivity index (χ2v) is 6.75. The van der Waals surface area contributed by atoms with E-state index in [1.807, 2.05) is 54.1 Å². The Hall–Kier alpha value is -2.18. The van der Waals surface area contributed by atoms with Crippen molar-refractivity contribution in [2.75, 3.05) is 19.5 Å². The van der Waals surface area contributed by atoms with Gasteiger partial charge in [0, 0.05) is 23.4 Å². The van der Waals surface area contributed by atoms with Gasteiger partial charge >= 0.3 is 0 Å². The second kappa shape index (κ2) is 8.27. The number of thioether (sulfide) groups is 1. The van der Waals surface area contributed by atoms with Crippen LogP contribution in [0.4, 0.5) is 0 Å². The Morgan fingerprint density at radius 2 is 1.88 bits per heavy atom. The molecule has 3 aromatic rings. The molecule has 0 unspecified atom stereocenters. The molecule has 0 saturated heterocycles. The third-order valence-electron chi connectivity index (χ3n) is 3.56. The summed E-state index contributed by atoms with van der Waals surface area (Å²) in [4.78, 5) is 0. The molecule has 0 aliphatic rings. The summed E-state index contributed by atoms with van der Waals surface area (Å²) < 4.78 is 12.8. The predicted molar refractivity (Wildman–Crippen MR) is 101 cm³/mol. The average Bonchev–Trinajstić information content (AvgIpc) is 2.99. The summed E-state index contributed by atoms with van der Waals surface area (Å²) in [6, 6.07) is 15.2. The van der Waals surface area contributed by atoms with Crippen molar-refractivity contribution in [3.63, 3.8) is 0 Å². The highest BCUT2D eigenvalue weighted by atomic mass is 35.5. The average molecular weight is 376 g/mol. The van der Waals surface area contributed by atoms with Crippen LogP contribution in [0, 0.1) is 0 Å². The molecule has 0 aliphatic carbocycles. The SMILES string of the molecule is COc1ccc(-c2nnc(SCCOc3cccc(Cl)c3)n2C)cc1. The van der Waals surface area contributed by atoms with Gasteiger partial charge in [-0.05, 0) is 42.5 Å². The Labute approximate surface area is 155 Å². The van der Waals surface area contributed by atoms with Crippen molar-refractivity contribution in [3.8, 4) is 22.9 Å². The lowest BCUT2D eigenvalue weighted by Crippen LogP contribution is -2.02. The predicted octanol–water partition coefficient (Wildman–Crippen LogP) is 4.32. The summed E-state index contributed by atoms with van der Waals surface area (Å²) >= 11 is 7.54. The maximum Gasteiger partial charge on any atom is 0.191 e. The molecule has 0 spiro atoms. The van der Waals surface area contributed by atoms with Crippen molar-refractivity contribution in [2.24, 2.45) is 7.05 Å². The van der Waals surface area contributed by atoms with Crippen LogP contribution in [0.1, 0.15) is 0 Å². The first-order chi connectivity index (χ1) is 12.2. The molecule has 7 heteroatoms. The number of benzene rings is 2.